The number of nitrogens with zero attached hydrogens (tertiary/aromatic N) is 1. The maximum absolute atomic E-state index is 11.5. The van der Waals surface area contributed by atoms with E-state index >= 15 is 0 Å². The zero-order valence-corrected chi connectivity index (χ0v) is 11.5. The molecule has 0 atom stereocenters. The maximum Gasteiger partial charge on any atom is 0.415 e. The lowest BCUT2D eigenvalue weighted by molar-refractivity contribution is 0.167. The van der Waals surface area contributed by atoms with Gasteiger partial charge in [-0.1, -0.05) is 12.1 Å². The molecule has 1 aliphatic heterocycles. The topological polar surface area (TPSA) is 38.8 Å². The van der Waals surface area contributed by atoms with E-state index in [1.54, 1.807) is 16.1 Å². The Hall–Kier alpha value is -1.24. The number of carbonyl (C=O) groups excluding carboxylic acids is 1. The number of halogens is 1. The fraction of sp³-hybridized carbons (Fsp3) is 0.250. The first-order chi connectivity index (χ1) is 8.22. The lowest BCUT2D eigenvalue weighted by Gasteiger charge is -2.12. The van der Waals surface area contributed by atoms with Crippen LogP contribution in [0.1, 0.15) is 5.56 Å². The van der Waals surface area contributed by atoms with Crippen LogP contribution in [0.15, 0.2) is 34.1 Å². The van der Waals surface area contributed by atoms with Gasteiger partial charge in [0.1, 0.15) is 11.5 Å². The fourth-order valence-electron chi connectivity index (χ4n) is 1.59. The third-order valence-corrected chi connectivity index (χ3v) is 3.17. The van der Waals surface area contributed by atoms with Crippen LogP contribution in [-0.4, -0.2) is 24.6 Å². The summed E-state index contributed by atoms with van der Waals surface area (Å²) < 4.78 is 11.9. The van der Waals surface area contributed by atoms with Crippen molar-refractivity contribution in [1.29, 1.82) is 0 Å². The van der Waals surface area contributed by atoms with Gasteiger partial charge in [-0.3, -0.25) is 4.90 Å². The molecule has 1 heterocycles. The second-order valence-corrected chi connectivity index (χ2v) is 4.27. The molecule has 1 amide bonds. The molecular formula is C12H12INO3. The van der Waals surface area contributed by atoms with E-state index in [2.05, 4.69) is 22.6 Å². The van der Waals surface area contributed by atoms with Gasteiger partial charge >= 0.3 is 6.09 Å². The highest BCUT2D eigenvalue weighted by Gasteiger charge is 2.26. The van der Waals surface area contributed by atoms with Crippen LogP contribution in [0.25, 0.3) is 0 Å². The van der Waals surface area contributed by atoms with E-state index < -0.39 is 0 Å². The zero-order valence-electron chi connectivity index (χ0n) is 9.35. The SMILES string of the molecule is COc1ccc(CN2C/C(=C/I)OC2=O)cc1. The van der Waals surface area contributed by atoms with Crippen LogP contribution < -0.4 is 4.74 Å². The molecule has 4 nitrogen and oxygen atoms in total. The molecular weight excluding hydrogens is 333 g/mol. The molecule has 0 aliphatic carbocycles. The lowest BCUT2D eigenvalue weighted by Crippen LogP contribution is -2.23. The molecule has 5 heteroatoms. The summed E-state index contributed by atoms with van der Waals surface area (Å²) in [6, 6.07) is 7.65. The minimum atomic E-state index is -0.288. The van der Waals surface area contributed by atoms with Crippen LogP contribution in [0, 0.1) is 0 Å². The molecule has 0 saturated carbocycles. The Morgan fingerprint density at radius 1 is 1.47 bits per heavy atom. The molecule has 0 unspecified atom stereocenters. The standard InChI is InChI=1S/C12H12INO3/c1-16-10-4-2-9(3-5-10)7-14-8-11(6-13)17-12(14)15/h2-6H,7-8H2,1H3/b11-6-. The van der Waals surface area contributed by atoms with Gasteiger partial charge in [-0.25, -0.2) is 4.79 Å². The van der Waals surface area contributed by atoms with Crippen LogP contribution in [-0.2, 0) is 11.3 Å². The van der Waals surface area contributed by atoms with Crippen molar-refractivity contribution in [2.24, 2.45) is 0 Å². The van der Waals surface area contributed by atoms with E-state index in [1.165, 1.54) is 0 Å². The van der Waals surface area contributed by atoms with Gasteiger partial charge < -0.3 is 9.47 Å². The number of ether oxygens (including phenoxy) is 2. The van der Waals surface area contributed by atoms with Gasteiger partial charge in [0, 0.05) is 10.6 Å². The highest BCUT2D eigenvalue weighted by molar-refractivity contribution is 14.1. The van der Waals surface area contributed by atoms with Crippen molar-refractivity contribution in [3.05, 3.63) is 39.7 Å². The van der Waals surface area contributed by atoms with Crippen molar-refractivity contribution in [2.45, 2.75) is 6.54 Å². The van der Waals surface area contributed by atoms with E-state index in [-0.39, 0.29) is 6.09 Å². The minimum absolute atomic E-state index is 0.288. The summed E-state index contributed by atoms with van der Waals surface area (Å²) in [7, 11) is 1.63. The molecule has 90 valence electrons. The monoisotopic (exact) mass is 345 g/mol. The Bertz CT molecular complexity index is 442. The summed E-state index contributed by atoms with van der Waals surface area (Å²) >= 11 is 2.07. The molecule has 1 aromatic rings. The van der Waals surface area contributed by atoms with Crippen molar-refractivity contribution in [3.63, 3.8) is 0 Å². The van der Waals surface area contributed by atoms with Crippen LogP contribution in [0.3, 0.4) is 0 Å². The molecule has 1 aromatic carbocycles. The Morgan fingerprint density at radius 2 is 2.18 bits per heavy atom. The highest BCUT2D eigenvalue weighted by atomic mass is 127. The van der Waals surface area contributed by atoms with E-state index in [1.807, 2.05) is 24.3 Å². The summed E-state index contributed by atoms with van der Waals surface area (Å²) in [5.74, 6) is 1.51. The van der Waals surface area contributed by atoms with Crippen LogP contribution in [0.4, 0.5) is 4.79 Å². The zero-order chi connectivity index (χ0) is 12.3. The first-order valence-corrected chi connectivity index (χ1v) is 6.36. The van der Waals surface area contributed by atoms with Gasteiger partial charge in [0.2, 0.25) is 0 Å². The average molecular weight is 345 g/mol. The Labute approximate surface area is 113 Å². The summed E-state index contributed by atoms with van der Waals surface area (Å²) in [6.45, 7) is 1.09. The smallest absolute Gasteiger partial charge is 0.415 e. The normalized spacial score (nSPS) is 17.4. The van der Waals surface area contributed by atoms with Crippen molar-refractivity contribution >= 4 is 28.7 Å². The van der Waals surface area contributed by atoms with Crippen molar-refractivity contribution < 1.29 is 14.3 Å². The summed E-state index contributed by atoms with van der Waals surface area (Å²) in [4.78, 5) is 13.2. The van der Waals surface area contributed by atoms with E-state index in [9.17, 15) is 4.79 Å². The maximum atomic E-state index is 11.5. The number of methoxy groups -OCH3 is 1. The first kappa shape index (κ1) is 12.2. The third-order valence-electron chi connectivity index (χ3n) is 2.48. The number of cyclic esters (lactones) is 1. The summed E-state index contributed by atoms with van der Waals surface area (Å²) in [6.07, 6.45) is -0.288. The van der Waals surface area contributed by atoms with E-state index in [4.69, 9.17) is 9.47 Å². The third kappa shape index (κ3) is 2.91. The number of hydrogen-bond donors (Lipinski definition) is 0. The Balaban J connectivity index is 2.03. The largest absolute Gasteiger partial charge is 0.497 e. The van der Waals surface area contributed by atoms with Crippen molar-refractivity contribution in [3.8, 4) is 5.75 Å². The number of hydrogen-bond acceptors (Lipinski definition) is 3. The first-order valence-electron chi connectivity index (χ1n) is 5.12. The molecule has 1 fully saturated rings. The van der Waals surface area contributed by atoms with E-state index in [0.717, 1.165) is 11.3 Å². The minimum Gasteiger partial charge on any atom is -0.497 e. The highest BCUT2D eigenvalue weighted by Crippen LogP contribution is 2.20. The number of benzene rings is 1. The molecule has 2 rings (SSSR count). The van der Waals surface area contributed by atoms with Crippen molar-refractivity contribution in [2.75, 3.05) is 13.7 Å². The van der Waals surface area contributed by atoms with Gasteiger partial charge in [0.15, 0.2) is 0 Å². The number of rotatable bonds is 3. The van der Waals surface area contributed by atoms with Crippen molar-refractivity contribution in [1.82, 2.24) is 4.90 Å². The van der Waals surface area contributed by atoms with Gasteiger partial charge in [0.05, 0.1) is 13.7 Å². The molecule has 0 radical (unpaired) electrons. The van der Waals surface area contributed by atoms with Gasteiger partial charge in [0.25, 0.3) is 0 Å². The van der Waals surface area contributed by atoms with Crippen LogP contribution >= 0.6 is 22.6 Å². The predicted octanol–water partition coefficient (Wildman–Crippen LogP) is 2.92. The fourth-order valence-corrected chi connectivity index (χ4v) is 1.91. The molecule has 0 bridgehead atoms. The lowest BCUT2D eigenvalue weighted by atomic mass is 10.2. The van der Waals surface area contributed by atoms with Crippen LogP contribution in [0.2, 0.25) is 0 Å². The number of amides is 1. The number of carbonyl (C=O) groups is 1. The molecule has 17 heavy (non-hydrogen) atoms. The van der Waals surface area contributed by atoms with E-state index in [0.29, 0.717) is 18.8 Å². The van der Waals surface area contributed by atoms with Crippen LogP contribution in [0.5, 0.6) is 5.75 Å². The average Bonchev–Trinajstić information content (AvgIpc) is 2.71. The molecule has 1 aliphatic rings. The van der Waals surface area contributed by atoms with Gasteiger partial charge in [-0.15, -0.1) is 0 Å². The second kappa shape index (κ2) is 5.39. The molecule has 1 saturated heterocycles. The quantitative estimate of drug-likeness (QED) is 0.791. The Kier molecular flexibility index (Phi) is 3.88. The molecule has 0 N–H and O–H groups in total. The summed E-state index contributed by atoms with van der Waals surface area (Å²) in [5, 5.41) is 0. The van der Waals surface area contributed by atoms with Gasteiger partial charge in [-0.05, 0) is 40.3 Å². The van der Waals surface area contributed by atoms with Gasteiger partial charge in [-0.2, -0.15) is 0 Å². The molecule has 0 spiro atoms. The second-order valence-electron chi connectivity index (χ2n) is 3.65. The molecule has 0 aromatic heterocycles. The predicted molar refractivity (Wildman–Crippen MR) is 72.0 cm³/mol. The Morgan fingerprint density at radius 3 is 2.71 bits per heavy atom. The summed E-state index contributed by atoms with van der Waals surface area (Å²) in [5.41, 5.74) is 1.05.